The summed E-state index contributed by atoms with van der Waals surface area (Å²) in [5, 5.41) is 2.92. The molecule has 0 aliphatic heterocycles. The van der Waals surface area contributed by atoms with E-state index in [1.54, 1.807) is 14.2 Å². The maximum absolute atomic E-state index is 5.59. The van der Waals surface area contributed by atoms with Crippen molar-refractivity contribution in [3.05, 3.63) is 28.5 Å². The van der Waals surface area contributed by atoms with Gasteiger partial charge in [0.1, 0.15) is 17.2 Å². The molecule has 0 aliphatic rings. The molecule has 4 heteroatoms. The van der Waals surface area contributed by atoms with Gasteiger partial charge in [-0.05, 0) is 44.4 Å². The summed E-state index contributed by atoms with van der Waals surface area (Å²) in [5.74, 6) is 1.66. The summed E-state index contributed by atoms with van der Waals surface area (Å²) in [6.45, 7) is 8.13. The number of benzene rings is 1. The number of hydrogen-bond acceptors (Lipinski definition) is 4. The molecule has 1 aromatic heterocycles. The summed E-state index contributed by atoms with van der Waals surface area (Å²) in [4.78, 5) is 4.48. The van der Waals surface area contributed by atoms with E-state index in [-0.39, 0.29) is 0 Å². The first-order valence-electron chi connectivity index (χ1n) is 6.30. The van der Waals surface area contributed by atoms with E-state index < -0.39 is 0 Å². The summed E-state index contributed by atoms with van der Waals surface area (Å²) < 4.78 is 11.2. The average Bonchev–Trinajstić information content (AvgIpc) is 2.74. The van der Waals surface area contributed by atoms with Crippen LogP contribution in [0.15, 0.2) is 10.5 Å². The standard InChI is InChI=1S/C15H20N2O2/c1-8-7-9(2)12(14(18-6)10(8)3)13-11(4)19-15(16-5)17-13/h7H,1-6H3,(H,16,17). The molecule has 2 rings (SSSR count). The highest BCUT2D eigenvalue weighted by molar-refractivity contribution is 5.75. The van der Waals surface area contributed by atoms with Crippen LogP contribution in [-0.2, 0) is 0 Å². The maximum atomic E-state index is 5.59. The highest BCUT2D eigenvalue weighted by atomic mass is 16.5. The molecule has 1 aromatic carbocycles. The van der Waals surface area contributed by atoms with Gasteiger partial charge in [-0.3, -0.25) is 0 Å². The van der Waals surface area contributed by atoms with Gasteiger partial charge in [-0.15, -0.1) is 0 Å². The highest BCUT2D eigenvalue weighted by Crippen LogP contribution is 2.39. The van der Waals surface area contributed by atoms with Gasteiger partial charge >= 0.3 is 0 Å². The molecule has 0 atom stereocenters. The number of rotatable bonds is 3. The third kappa shape index (κ3) is 2.18. The zero-order valence-electron chi connectivity index (χ0n) is 12.3. The fraction of sp³-hybridized carbons (Fsp3) is 0.400. The number of anilines is 1. The summed E-state index contributed by atoms with van der Waals surface area (Å²) in [7, 11) is 3.48. The lowest BCUT2D eigenvalue weighted by molar-refractivity contribution is 0.412. The lowest BCUT2D eigenvalue weighted by Gasteiger charge is -2.15. The Kier molecular flexibility index (Phi) is 3.51. The summed E-state index contributed by atoms with van der Waals surface area (Å²) in [5.41, 5.74) is 5.33. The molecule has 0 radical (unpaired) electrons. The normalized spacial score (nSPS) is 10.6. The third-order valence-corrected chi connectivity index (χ3v) is 3.44. The van der Waals surface area contributed by atoms with Crippen LogP contribution in [0, 0.1) is 27.7 Å². The minimum Gasteiger partial charge on any atom is -0.496 e. The van der Waals surface area contributed by atoms with E-state index in [4.69, 9.17) is 9.15 Å². The Morgan fingerprint density at radius 1 is 1.16 bits per heavy atom. The summed E-state index contributed by atoms with van der Waals surface area (Å²) in [6, 6.07) is 2.67. The predicted octanol–water partition coefficient (Wildman–Crippen LogP) is 3.63. The van der Waals surface area contributed by atoms with Gasteiger partial charge in [-0.1, -0.05) is 6.07 Å². The number of hydrogen-bond donors (Lipinski definition) is 1. The Morgan fingerprint density at radius 2 is 1.84 bits per heavy atom. The van der Waals surface area contributed by atoms with Crippen molar-refractivity contribution in [2.45, 2.75) is 27.7 Å². The van der Waals surface area contributed by atoms with E-state index in [1.807, 2.05) is 6.92 Å². The van der Waals surface area contributed by atoms with Crippen molar-refractivity contribution >= 4 is 6.01 Å². The van der Waals surface area contributed by atoms with Gasteiger partial charge in [-0.25, -0.2) is 0 Å². The number of aryl methyl sites for hydroxylation is 3. The van der Waals surface area contributed by atoms with Crippen LogP contribution in [0.2, 0.25) is 0 Å². The topological polar surface area (TPSA) is 47.3 Å². The number of nitrogens with one attached hydrogen (secondary N) is 1. The van der Waals surface area contributed by atoms with E-state index in [0.717, 1.165) is 33.9 Å². The van der Waals surface area contributed by atoms with Crippen molar-refractivity contribution in [3.63, 3.8) is 0 Å². The zero-order chi connectivity index (χ0) is 14.2. The van der Waals surface area contributed by atoms with E-state index in [2.05, 4.69) is 37.1 Å². The van der Waals surface area contributed by atoms with E-state index in [9.17, 15) is 0 Å². The van der Waals surface area contributed by atoms with Crippen LogP contribution in [0.3, 0.4) is 0 Å². The van der Waals surface area contributed by atoms with Crippen LogP contribution in [0.5, 0.6) is 5.75 Å². The van der Waals surface area contributed by atoms with E-state index in [0.29, 0.717) is 6.01 Å². The predicted molar refractivity (Wildman–Crippen MR) is 77.0 cm³/mol. The second kappa shape index (κ2) is 4.96. The van der Waals surface area contributed by atoms with Crippen molar-refractivity contribution in [2.75, 3.05) is 19.5 Å². The number of methoxy groups -OCH3 is 1. The van der Waals surface area contributed by atoms with Crippen molar-refractivity contribution in [1.29, 1.82) is 0 Å². The lowest BCUT2D eigenvalue weighted by Crippen LogP contribution is -1.98. The Labute approximate surface area is 113 Å². The van der Waals surface area contributed by atoms with Gasteiger partial charge in [-0.2, -0.15) is 4.98 Å². The Morgan fingerprint density at radius 3 is 2.37 bits per heavy atom. The number of oxazole rings is 1. The first-order valence-corrected chi connectivity index (χ1v) is 6.30. The molecule has 0 saturated carbocycles. The number of ether oxygens (including phenoxy) is 1. The highest BCUT2D eigenvalue weighted by Gasteiger charge is 2.20. The van der Waals surface area contributed by atoms with Gasteiger partial charge in [0.05, 0.1) is 7.11 Å². The van der Waals surface area contributed by atoms with Crippen LogP contribution < -0.4 is 10.1 Å². The zero-order valence-corrected chi connectivity index (χ0v) is 12.3. The number of nitrogens with zero attached hydrogens (tertiary/aromatic N) is 1. The Hall–Kier alpha value is -1.97. The summed E-state index contributed by atoms with van der Waals surface area (Å²) >= 11 is 0. The minimum absolute atomic E-state index is 0.521. The molecule has 2 aromatic rings. The molecule has 0 aliphatic carbocycles. The number of aromatic nitrogens is 1. The minimum atomic E-state index is 0.521. The third-order valence-electron chi connectivity index (χ3n) is 3.44. The first-order chi connectivity index (χ1) is 8.99. The molecule has 0 unspecified atom stereocenters. The van der Waals surface area contributed by atoms with Gasteiger partial charge in [0, 0.05) is 12.6 Å². The lowest BCUT2D eigenvalue weighted by atomic mass is 9.96. The molecule has 0 amide bonds. The van der Waals surface area contributed by atoms with Crippen molar-refractivity contribution in [2.24, 2.45) is 0 Å². The molecular formula is C15H20N2O2. The Bertz CT molecular complexity index is 615. The molecular weight excluding hydrogens is 240 g/mol. The first kappa shape index (κ1) is 13.5. The molecule has 4 nitrogen and oxygen atoms in total. The summed E-state index contributed by atoms with van der Waals surface area (Å²) in [6.07, 6.45) is 0. The van der Waals surface area contributed by atoms with Crippen LogP contribution in [-0.4, -0.2) is 19.1 Å². The quantitative estimate of drug-likeness (QED) is 0.915. The fourth-order valence-corrected chi connectivity index (χ4v) is 2.34. The molecule has 19 heavy (non-hydrogen) atoms. The van der Waals surface area contributed by atoms with Gasteiger partial charge in [0.15, 0.2) is 0 Å². The van der Waals surface area contributed by atoms with E-state index >= 15 is 0 Å². The second-order valence-corrected chi connectivity index (χ2v) is 4.72. The molecule has 1 heterocycles. The van der Waals surface area contributed by atoms with Crippen molar-refractivity contribution in [3.8, 4) is 17.0 Å². The smallest absolute Gasteiger partial charge is 0.295 e. The second-order valence-electron chi connectivity index (χ2n) is 4.72. The molecule has 0 fully saturated rings. The van der Waals surface area contributed by atoms with Crippen LogP contribution in [0.25, 0.3) is 11.3 Å². The van der Waals surface area contributed by atoms with Gasteiger partial charge < -0.3 is 14.5 Å². The SMILES string of the molecule is CNc1nc(-c2c(C)cc(C)c(C)c2OC)c(C)o1. The molecule has 0 spiro atoms. The fourth-order valence-electron chi connectivity index (χ4n) is 2.34. The maximum Gasteiger partial charge on any atom is 0.295 e. The van der Waals surface area contributed by atoms with Crippen LogP contribution in [0.1, 0.15) is 22.5 Å². The monoisotopic (exact) mass is 260 g/mol. The van der Waals surface area contributed by atoms with Crippen LogP contribution >= 0.6 is 0 Å². The van der Waals surface area contributed by atoms with Crippen molar-refractivity contribution in [1.82, 2.24) is 4.98 Å². The molecule has 0 bridgehead atoms. The largest absolute Gasteiger partial charge is 0.496 e. The van der Waals surface area contributed by atoms with E-state index in [1.165, 1.54) is 5.56 Å². The van der Waals surface area contributed by atoms with Gasteiger partial charge in [0.25, 0.3) is 6.01 Å². The Balaban J connectivity index is 2.73. The van der Waals surface area contributed by atoms with Crippen molar-refractivity contribution < 1.29 is 9.15 Å². The van der Waals surface area contributed by atoms with Gasteiger partial charge in [0.2, 0.25) is 0 Å². The van der Waals surface area contributed by atoms with Crippen LogP contribution in [0.4, 0.5) is 6.01 Å². The molecule has 0 saturated heterocycles. The molecule has 102 valence electrons. The average molecular weight is 260 g/mol. The molecule has 1 N–H and O–H groups in total.